The van der Waals surface area contributed by atoms with E-state index in [1.165, 1.54) is 6.20 Å². The second-order valence-corrected chi connectivity index (χ2v) is 4.44. The third-order valence-electron chi connectivity index (χ3n) is 2.50. The number of amides is 1. The first-order chi connectivity index (χ1) is 8.56. The summed E-state index contributed by atoms with van der Waals surface area (Å²) in [5.74, 6) is -0.0943. The van der Waals surface area contributed by atoms with Gasteiger partial charge in [-0.05, 0) is 12.1 Å². The average Bonchev–Trinajstić information content (AvgIpc) is 2.73. The number of pyridine rings is 1. The summed E-state index contributed by atoms with van der Waals surface area (Å²) in [5, 5.41) is 4.38. The molecule has 0 aromatic carbocycles. The summed E-state index contributed by atoms with van der Waals surface area (Å²) in [6, 6.07) is 3.21. The molecular weight excluding hydrogens is 252 g/mol. The van der Waals surface area contributed by atoms with Gasteiger partial charge in [0.1, 0.15) is 5.15 Å². The first kappa shape index (κ1) is 12.6. The standard InChI is InChI=1S/C12H13ClN4O/c1-16(7-9-6-15-17(2)8-9)12(18)10-3-4-14-11(13)5-10/h3-6,8H,7H2,1-2H3. The molecule has 0 saturated heterocycles. The van der Waals surface area contributed by atoms with Crippen molar-refractivity contribution in [2.75, 3.05) is 7.05 Å². The van der Waals surface area contributed by atoms with Crippen LogP contribution in [0.3, 0.4) is 0 Å². The van der Waals surface area contributed by atoms with Crippen molar-refractivity contribution in [2.45, 2.75) is 6.54 Å². The molecule has 0 bridgehead atoms. The van der Waals surface area contributed by atoms with Crippen molar-refractivity contribution in [2.24, 2.45) is 7.05 Å². The van der Waals surface area contributed by atoms with E-state index in [0.717, 1.165) is 5.56 Å². The van der Waals surface area contributed by atoms with E-state index in [-0.39, 0.29) is 5.91 Å². The highest BCUT2D eigenvalue weighted by Crippen LogP contribution is 2.11. The lowest BCUT2D eigenvalue weighted by atomic mass is 10.2. The van der Waals surface area contributed by atoms with E-state index in [1.54, 1.807) is 35.0 Å². The molecule has 0 spiro atoms. The Labute approximate surface area is 110 Å². The van der Waals surface area contributed by atoms with Crippen molar-refractivity contribution in [3.05, 3.63) is 47.0 Å². The van der Waals surface area contributed by atoms with Gasteiger partial charge in [-0.25, -0.2) is 4.98 Å². The number of carbonyl (C=O) groups is 1. The highest BCUT2D eigenvalue weighted by molar-refractivity contribution is 6.29. The fourth-order valence-electron chi connectivity index (χ4n) is 1.66. The lowest BCUT2D eigenvalue weighted by Crippen LogP contribution is -2.26. The van der Waals surface area contributed by atoms with Crippen molar-refractivity contribution in [3.63, 3.8) is 0 Å². The van der Waals surface area contributed by atoms with Crippen LogP contribution in [0.15, 0.2) is 30.7 Å². The largest absolute Gasteiger partial charge is 0.337 e. The molecule has 1 amide bonds. The Balaban J connectivity index is 2.09. The Morgan fingerprint density at radius 1 is 1.56 bits per heavy atom. The maximum absolute atomic E-state index is 12.1. The SMILES string of the molecule is CN(Cc1cnn(C)c1)C(=O)c1ccnc(Cl)c1. The molecule has 0 N–H and O–H groups in total. The molecule has 2 aromatic rings. The first-order valence-electron chi connectivity index (χ1n) is 5.41. The predicted molar refractivity (Wildman–Crippen MR) is 68.3 cm³/mol. The normalized spacial score (nSPS) is 10.4. The Morgan fingerprint density at radius 3 is 2.94 bits per heavy atom. The van der Waals surface area contributed by atoms with Crippen LogP contribution in [-0.2, 0) is 13.6 Å². The van der Waals surface area contributed by atoms with Crippen molar-refractivity contribution in [3.8, 4) is 0 Å². The number of rotatable bonds is 3. The number of hydrogen-bond donors (Lipinski definition) is 0. The van der Waals surface area contributed by atoms with Crippen LogP contribution in [0.4, 0.5) is 0 Å². The van der Waals surface area contributed by atoms with E-state index in [2.05, 4.69) is 10.1 Å². The minimum atomic E-state index is -0.0943. The third kappa shape index (κ3) is 2.87. The van der Waals surface area contributed by atoms with Gasteiger partial charge in [-0.15, -0.1) is 0 Å². The fourth-order valence-corrected chi connectivity index (χ4v) is 1.83. The lowest BCUT2D eigenvalue weighted by molar-refractivity contribution is 0.0785. The molecule has 0 unspecified atom stereocenters. The van der Waals surface area contributed by atoms with Crippen LogP contribution < -0.4 is 0 Å². The number of nitrogens with zero attached hydrogens (tertiary/aromatic N) is 4. The van der Waals surface area contributed by atoms with Gasteiger partial charge < -0.3 is 4.90 Å². The highest BCUT2D eigenvalue weighted by atomic mass is 35.5. The van der Waals surface area contributed by atoms with Crippen LogP contribution in [0.25, 0.3) is 0 Å². The van der Waals surface area contributed by atoms with Crippen molar-refractivity contribution >= 4 is 17.5 Å². The van der Waals surface area contributed by atoms with Crippen molar-refractivity contribution in [1.82, 2.24) is 19.7 Å². The van der Waals surface area contributed by atoms with E-state index >= 15 is 0 Å². The summed E-state index contributed by atoms with van der Waals surface area (Å²) in [7, 11) is 3.58. The van der Waals surface area contributed by atoms with Gasteiger partial charge in [0.15, 0.2) is 0 Å². The number of carbonyl (C=O) groups excluding carboxylic acids is 1. The maximum atomic E-state index is 12.1. The monoisotopic (exact) mass is 264 g/mol. The highest BCUT2D eigenvalue weighted by Gasteiger charge is 2.13. The summed E-state index contributed by atoms with van der Waals surface area (Å²) in [5.41, 5.74) is 1.51. The van der Waals surface area contributed by atoms with Crippen LogP contribution in [0.5, 0.6) is 0 Å². The topological polar surface area (TPSA) is 51.0 Å². The van der Waals surface area contributed by atoms with Crippen LogP contribution in [-0.4, -0.2) is 32.6 Å². The minimum absolute atomic E-state index is 0.0943. The van der Waals surface area contributed by atoms with Gasteiger partial charge in [-0.1, -0.05) is 11.6 Å². The molecule has 2 heterocycles. The second kappa shape index (κ2) is 5.18. The molecule has 0 aliphatic heterocycles. The summed E-state index contributed by atoms with van der Waals surface area (Å²) >= 11 is 5.76. The summed E-state index contributed by atoms with van der Waals surface area (Å²) in [6.07, 6.45) is 5.14. The van der Waals surface area contributed by atoms with E-state index in [1.807, 2.05) is 13.2 Å². The van der Waals surface area contributed by atoms with Gasteiger partial charge in [0.05, 0.1) is 6.20 Å². The van der Waals surface area contributed by atoms with Crippen LogP contribution in [0.1, 0.15) is 15.9 Å². The van der Waals surface area contributed by atoms with Crippen LogP contribution in [0, 0.1) is 0 Å². The van der Waals surface area contributed by atoms with E-state index in [4.69, 9.17) is 11.6 Å². The summed E-state index contributed by atoms with van der Waals surface area (Å²) < 4.78 is 1.71. The molecule has 94 valence electrons. The number of aromatic nitrogens is 3. The van der Waals surface area contributed by atoms with Crippen LogP contribution in [0.2, 0.25) is 5.15 Å². The quantitative estimate of drug-likeness (QED) is 0.794. The van der Waals surface area contributed by atoms with E-state index in [9.17, 15) is 4.79 Å². The van der Waals surface area contributed by atoms with E-state index in [0.29, 0.717) is 17.3 Å². The van der Waals surface area contributed by atoms with Gasteiger partial charge in [0.25, 0.3) is 5.91 Å². The zero-order valence-electron chi connectivity index (χ0n) is 10.2. The summed E-state index contributed by atoms with van der Waals surface area (Å²) in [6.45, 7) is 0.507. The molecule has 0 saturated carbocycles. The molecule has 18 heavy (non-hydrogen) atoms. The fraction of sp³-hybridized carbons (Fsp3) is 0.250. The number of hydrogen-bond acceptors (Lipinski definition) is 3. The molecule has 5 nitrogen and oxygen atoms in total. The van der Waals surface area contributed by atoms with Gasteiger partial charge in [0, 0.05) is 44.2 Å². The van der Waals surface area contributed by atoms with Gasteiger partial charge in [0.2, 0.25) is 0 Å². The number of halogens is 1. The Morgan fingerprint density at radius 2 is 2.33 bits per heavy atom. The zero-order chi connectivity index (χ0) is 13.1. The predicted octanol–water partition coefficient (Wildman–Crippen LogP) is 1.74. The smallest absolute Gasteiger partial charge is 0.254 e. The molecule has 6 heteroatoms. The lowest BCUT2D eigenvalue weighted by Gasteiger charge is -2.16. The van der Waals surface area contributed by atoms with Crippen LogP contribution >= 0.6 is 11.6 Å². The number of aryl methyl sites for hydroxylation is 1. The molecule has 2 aromatic heterocycles. The first-order valence-corrected chi connectivity index (χ1v) is 5.78. The molecule has 0 aliphatic carbocycles. The van der Waals surface area contributed by atoms with Crippen molar-refractivity contribution in [1.29, 1.82) is 0 Å². The molecule has 0 fully saturated rings. The van der Waals surface area contributed by atoms with E-state index < -0.39 is 0 Å². The average molecular weight is 265 g/mol. The Kier molecular flexibility index (Phi) is 3.62. The minimum Gasteiger partial charge on any atom is -0.337 e. The summed E-state index contributed by atoms with van der Waals surface area (Å²) in [4.78, 5) is 17.6. The third-order valence-corrected chi connectivity index (χ3v) is 2.71. The Bertz CT molecular complexity index is 567. The zero-order valence-corrected chi connectivity index (χ0v) is 10.9. The Hall–Kier alpha value is -1.88. The molecular formula is C12H13ClN4O. The second-order valence-electron chi connectivity index (χ2n) is 4.05. The van der Waals surface area contributed by atoms with Gasteiger partial charge in [-0.3, -0.25) is 9.48 Å². The molecule has 2 rings (SSSR count). The van der Waals surface area contributed by atoms with Gasteiger partial charge >= 0.3 is 0 Å². The molecule has 0 radical (unpaired) electrons. The van der Waals surface area contributed by atoms with Crippen molar-refractivity contribution < 1.29 is 4.79 Å². The molecule has 0 aliphatic rings. The molecule has 0 atom stereocenters. The van der Waals surface area contributed by atoms with Gasteiger partial charge in [-0.2, -0.15) is 5.10 Å². The maximum Gasteiger partial charge on any atom is 0.254 e.